The van der Waals surface area contributed by atoms with Gasteiger partial charge in [0, 0.05) is 24.6 Å². The van der Waals surface area contributed by atoms with E-state index >= 15 is 0 Å². The van der Waals surface area contributed by atoms with E-state index in [1.165, 1.54) is 12.8 Å². The highest BCUT2D eigenvalue weighted by Crippen LogP contribution is 2.31. The van der Waals surface area contributed by atoms with Gasteiger partial charge in [-0.25, -0.2) is 0 Å². The lowest BCUT2D eigenvalue weighted by molar-refractivity contribution is 0.0913. The van der Waals surface area contributed by atoms with Gasteiger partial charge in [-0.1, -0.05) is 19.0 Å². The molecule has 1 unspecified atom stereocenters. The minimum Gasteiger partial charge on any atom is -0.351 e. The predicted molar refractivity (Wildman–Crippen MR) is 80.1 cm³/mol. The largest absolute Gasteiger partial charge is 0.351 e. The van der Waals surface area contributed by atoms with Crippen molar-refractivity contribution in [2.75, 3.05) is 6.54 Å². The number of aromatic nitrogens is 1. The van der Waals surface area contributed by atoms with Gasteiger partial charge in [-0.05, 0) is 31.6 Å². The molecule has 1 heterocycles. The Labute approximate surface area is 126 Å². The minimum atomic E-state index is -0.221. The summed E-state index contributed by atoms with van der Waals surface area (Å²) in [4.78, 5) is 11.9. The van der Waals surface area contributed by atoms with Crippen LogP contribution in [-0.4, -0.2) is 23.7 Å². The van der Waals surface area contributed by atoms with Gasteiger partial charge in [0.05, 0.1) is 5.69 Å². The van der Waals surface area contributed by atoms with Crippen LogP contribution in [0.3, 0.4) is 0 Å². The van der Waals surface area contributed by atoms with Gasteiger partial charge in [-0.2, -0.15) is 0 Å². The molecule has 1 amide bonds. The Morgan fingerprint density at radius 1 is 1.50 bits per heavy atom. The van der Waals surface area contributed by atoms with Crippen LogP contribution in [0.2, 0.25) is 0 Å². The summed E-state index contributed by atoms with van der Waals surface area (Å²) in [7, 11) is 0. The van der Waals surface area contributed by atoms with Crippen LogP contribution in [0.4, 0.5) is 0 Å². The average Bonchev–Trinajstić information content (AvgIpc) is 3.16. The highest BCUT2D eigenvalue weighted by atomic mass is 35.5. The predicted octanol–water partition coefficient (Wildman–Crippen LogP) is 2.47. The van der Waals surface area contributed by atoms with E-state index < -0.39 is 0 Å². The van der Waals surface area contributed by atoms with Crippen molar-refractivity contribution in [3.05, 3.63) is 17.5 Å². The number of hydrogen-bond donors (Lipinski definition) is 2. The molecule has 1 saturated carbocycles. The van der Waals surface area contributed by atoms with Crippen molar-refractivity contribution in [2.45, 2.75) is 51.5 Å². The average molecular weight is 302 g/mol. The molecule has 1 aliphatic carbocycles. The third-order valence-corrected chi connectivity index (χ3v) is 3.88. The molecule has 5 nitrogen and oxygen atoms in total. The number of carbonyl (C=O) groups is 1. The van der Waals surface area contributed by atoms with Crippen LogP contribution in [0, 0.1) is 5.92 Å². The molecule has 6 heteroatoms. The molecule has 0 saturated heterocycles. The van der Waals surface area contributed by atoms with Crippen LogP contribution >= 0.6 is 12.4 Å². The molecule has 0 radical (unpaired) electrons. The number of nitrogens with zero attached hydrogens (tertiary/aromatic N) is 1. The topological polar surface area (TPSA) is 81.2 Å². The maximum atomic E-state index is 11.9. The first-order valence-electron chi connectivity index (χ1n) is 7.16. The molecule has 20 heavy (non-hydrogen) atoms. The summed E-state index contributed by atoms with van der Waals surface area (Å²) in [5.74, 6) is 1.000. The van der Waals surface area contributed by atoms with Gasteiger partial charge in [-0.15, -0.1) is 12.4 Å². The molecule has 0 aliphatic heterocycles. The zero-order chi connectivity index (χ0) is 13.8. The van der Waals surface area contributed by atoms with Crippen LogP contribution in [0.5, 0.6) is 0 Å². The van der Waals surface area contributed by atoms with E-state index in [0.29, 0.717) is 18.4 Å². The summed E-state index contributed by atoms with van der Waals surface area (Å²) < 4.78 is 5.12. The Morgan fingerprint density at radius 2 is 2.15 bits per heavy atom. The first-order valence-corrected chi connectivity index (χ1v) is 7.16. The molecule has 1 atom stereocenters. The lowest BCUT2D eigenvalue weighted by Gasteiger charge is -2.10. The Morgan fingerprint density at radius 3 is 2.70 bits per heavy atom. The lowest BCUT2D eigenvalue weighted by Crippen LogP contribution is -2.38. The molecule has 0 spiro atoms. The zero-order valence-corrected chi connectivity index (χ0v) is 12.9. The number of nitrogens with one attached hydrogen (secondary N) is 1. The number of halogens is 1. The molecular formula is C14H24ClN3O2. The van der Waals surface area contributed by atoms with Crippen LogP contribution in [0.15, 0.2) is 10.6 Å². The summed E-state index contributed by atoms with van der Waals surface area (Å²) in [5.41, 5.74) is 6.80. The Bertz CT molecular complexity index is 428. The van der Waals surface area contributed by atoms with Crippen molar-refractivity contribution in [3.8, 4) is 0 Å². The van der Waals surface area contributed by atoms with Crippen LogP contribution in [-0.2, 0) is 0 Å². The van der Waals surface area contributed by atoms with Crippen molar-refractivity contribution in [2.24, 2.45) is 11.7 Å². The van der Waals surface area contributed by atoms with Gasteiger partial charge in [0.15, 0.2) is 0 Å². The van der Waals surface area contributed by atoms with Gasteiger partial charge in [0.25, 0.3) is 5.91 Å². The SMILES string of the molecule is CCC(CC)c1cc(C(=O)NCC(N)C2CC2)on1.Cl. The quantitative estimate of drug-likeness (QED) is 0.810. The lowest BCUT2D eigenvalue weighted by atomic mass is 9.99. The second-order valence-electron chi connectivity index (χ2n) is 5.34. The number of nitrogens with two attached hydrogens (primary N) is 1. The van der Waals surface area contributed by atoms with E-state index in [2.05, 4.69) is 24.3 Å². The van der Waals surface area contributed by atoms with Gasteiger partial charge in [-0.3, -0.25) is 4.79 Å². The van der Waals surface area contributed by atoms with Crippen molar-refractivity contribution < 1.29 is 9.32 Å². The molecule has 0 bridgehead atoms. The number of hydrogen-bond acceptors (Lipinski definition) is 4. The smallest absolute Gasteiger partial charge is 0.289 e. The summed E-state index contributed by atoms with van der Waals surface area (Å²) in [5, 5.41) is 6.80. The highest BCUT2D eigenvalue weighted by molar-refractivity contribution is 5.91. The zero-order valence-electron chi connectivity index (χ0n) is 12.1. The molecule has 2 rings (SSSR count). The standard InChI is InChI=1S/C14H23N3O2.ClH/c1-3-9(4-2)12-7-13(19-17-12)14(18)16-8-11(15)10-5-6-10;/h7,9-11H,3-6,8,15H2,1-2H3,(H,16,18);1H. The number of amides is 1. The summed E-state index contributed by atoms with van der Waals surface area (Å²) in [6.45, 7) is 4.72. The van der Waals surface area contributed by atoms with E-state index in [4.69, 9.17) is 10.3 Å². The first-order chi connectivity index (χ1) is 9.15. The van der Waals surface area contributed by atoms with E-state index in [-0.39, 0.29) is 30.1 Å². The van der Waals surface area contributed by atoms with Crippen molar-refractivity contribution in [1.29, 1.82) is 0 Å². The molecule has 1 aromatic rings. The molecule has 3 N–H and O–H groups in total. The molecular weight excluding hydrogens is 278 g/mol. The highest BCUT2D eigenvalue weighted by Gasteiger charge is 2.28. The van der Waals surface area contributed by atoms with Crippen molar-refractivity contribution in [3.63, 3.8) is 0 Å². The van der Waals surface area contributed by atoms with Gasteiger partial charge >= 0.3 is 0 Å². The Hall–Kier alpha value is -1.07. The summed E-state index contributed by atoms with van der Waals surface area (Å²) in [6.07, 6.45) is 4.35. The molecule has 1 aromatic heterocycles. The third kappa shape index (κ3) is 4.21. The normalized spacial score (nSPS) is 15.8. The molecule has 1 fully saturated rings. The fourth-order valence-electron chi connectivity index (χ4n) is 2.28. The van der Waals surface area contributed by atoms with Crippen LogP contribution in [0.1, 0.15) is 61.7 Å². The Balaban J connectivity index is 0.00000200. The first kappa shape index (κ1) is 17.0. The van der Waals surface area contributed by atoms with Crippen LogP contribution < -0.4 is 11.1 Å². The fourth-order valence-corrected chi connectivity index (χ4v) is 2.28. The van der Waals surface area contributed by atoms with Gasteiger partial charge in [0.1, 0.15) is 0 Å². The van der Waals surface area contributed by atoms with E-state index in [0.717, 1.165) is 18.5 Å². The second-order valence-corrected chi connectivity index (χ2v) is 5.34. The van der Waals surface area contributed by atoms with Gasteiger partial charge in [0.2, 0.25) is 5.76 Å². The van der Waals surface area contributed by atoms with Crippen molar-refractivity contribution >= 4 is 18.3 Å². The minimum absolute atomic E-state index is 0. The third-order valence-electron chi connectivity index (χ3n) is 3.88. The van der Waals surface area contributed by atoms with Gasteiger partial charge < -0.3 is 15.6 Å². The van der Waals surface area contributed by atoms with E-state index in [1.807, 2.05) is 0 Å². The van der Waals surface area contributed by atoms with E-state index in [1.54, 1.807) is 6.07 Å². The molecule has 1 aliphatic rings. The summed E-state index contributed by atoms with van der Waals surface area (Å²) >= 11 is 0. The second kappa shape index (κ2) is 7.64. The van der Waals surface area contributed by atoms with E-state index in [9.17, 15) is 4.79 Å². The molecule has 114 valence electrons. The Kier molecular flexibility index (Phi) is 6.49. The monoisotopic (exact) mass is 301 g/mol. The number of rotatable bonds is 7. The molecule has 0 aromatic carbocycles. The maximum absolute atomic E-state index is 11.9. The van der Waals surface area contributed by atoms with Crippen LogP contribution in [0.25, 0.3) is 0 Å². The fraction of sp³-hybridized carbons (Fsp3) is 0.714. The maximum Gasteiger partial charge on any atom is 0.289 e. The summed E-state index contributed by atoms with van der Waals surface area (Å²) in [6, 6.07) is 1.81. The van der Waals surface area contributed by atoms with Crippen molar-refractivity contribution in [1.82, 2.24) is 10.5 Å². The number of carbonyl (C=O) groups excluding carboxylic acids is 1.